The Kier molecular flexibility index (Phi) is 7.89. The van der Waals surface area contributed by atoms with Crippen molar-refractivity contribution >= 4 is 29.4 Å². The van der Waals surface area contributed by atoms with Crippen LogP contribution < -0.4 is 10.1 Å². The zero-order valence-corrected chi connectivity index (χ0v) is 17.0. The largest absolute Gasteiger partial charge is 0.494 e. The normalized spacial score (nSPS) is 11.7. The molecule has 154 valence electrons. The summed E-state index contributed by atoms with van der Waals surface area (Å²) in [4.78, 5) is 35.8. The summed E-state index contributed by atoms with van der Waals surface area (Å²) in [6.45, 7) is 5.26. The van der Waals surface area contributed by atoms with Crippen LogP contribution in [0, 0.1) is 11.3 Å². The van der Waals surface area contributed by atoms with Crippen LogP contribution in [-0.4, -0.2) is 30.4 Å². The first-order chi connectivity index (χ1) is 14.3. The van der Waals surface area contributed by atoms with Gasteiger partial charge in [0.2, 0.25) is 0 Å². The van der Waals surface area contributed by atoms with E-state index in [0.29, 0.717) is 29.2 Å². The molecule has 0 aliphatic rings. The number of anilines is 1. The lowest BCUT2D eigenvalue weighted by atomic mass is 10.1. The molecule has 0 aliphatic carbocycles. The van der Waals surface area contributed by atoms with E-state index in [1.54, 1.807) is 54.6 Å². The lowest BCUT2D eigenvalue weighted by Crippen LogP contribution is -2.30. The molecule has 0 radical (unpaired) electrons. The van der Waals surface area contributed by atoms with E-state index in [2.05, 4.69) is 5.32 Å². The van der Waals surface area contributed by atoms with Crippen molar-refractivity contribution in [3.05, 3.63) is 65.2 Å². The summed E-state index contributed by atoms with van der Waals surface area (Å²) >= 11 is 0. The summed E-state index contributed by atoms with van der Waals surface area (Å²) in [7, 11) is 0. The van der Waals surface area contributed by atoms with Gasteiger partial charge in [-0.3, -0.25) is 9.59 Å². The average Bonchev–Trinajstić information content (AvgIpc) is 2.73. The van der Waals surface area contributed by atoms with Gasteiger partial charge in [0.1, 0.15) is 17.4 Å². The third-order valence-corrected chi connectivity index (χ3v) is 4.05. The number of esters is 1. The van der Waals surface area contributed by atoms with Crippen LogP contribution in [0.1, 0.15) is 36.7 Å². The predicted octanol–water partition coefficient (Wildman–Crippen LogP) is 3.77. The first-order valence-corrected chi connectivity index (χ1v) is 9.31. The Balaban J connectivity index is 2.00. The molecule has 0 fully saturated rings. The van der Waals surface area contributed by atoms with Gasteiger partial charge in [0.05, 0.1) is 6.61 Å². The number of nitrogens with zero attached hydrogens (tertiary/aromatic N) is 1. The summed E-state index contributed by atoms with van der Waals surface area (Å²) in [6, 6.07) is 15.0. The zero-order valence-electron chi connectivity index (χ0n) is 17.0. The molecule has 0 aliphatic heterocycles. The molecule has 0 bridgehead atoms. The van der Waals surface area contributed by atoms with Crippen LogP contribution in [-0.2, 0) is 14.3 Å². The molecule has 0 unspecified atom stereocenters. The van der Waals surface area contributed by atoms with Gasteiger partial charge in [0.15, 0.2) is 11.9 Å². The molecule has 30 heavy (non-hydrogen) atoms. The molecule has 0 saturated heterocycles. The Morgan fingerprint density at radius 2 is 1.73 bits per heavy atom. The lowest BCUT2D eigenvalue weighted by molar-refractivity contribution is -0.148. The fraction of sp³-hybridized carbons (Fsp3) is 0.217. The number of ketones is 1. The first-order valence-electron chi connectivity index (χ1n) is 9.31. The van der Waals surface area contributed by atoms with Crippen molar-refractivity contribution in [2.45, 2.75) is 26.9 Å². The lowest BCUT2D eigenvalue weighted by Gasteiger charge is -2.13. The highest BCUT2D eigenvalue weighted by Crippen LogP contribution is 2.16. The monoisotopic (exact) mass is 406 g/mol. The van der Waals surface area contributed by atoms with E-state index < -0.39 is 18.0 Å². The Hall–Kier alpha value is -3.92. The van der Waals surface area contributed by atoms with Gasteiger partial charge in [-0.2, -0.15) is 5.26 Å². The van der Waals surface area contributed by atoms with Crippen molar-refractivity contribution < 1.29 is 23.9 Å². The molecule has 0 spiro atoms. The van der Waals surface area contributed by atoms with E-state index in [1.165, 1.54) is 19.9 Å². The van der Waals surface area contributed by atoms with Crippen molar-refractivity contribution in [1.82, 2.24) is 0 Å². The second-order valence-corrected chi connectivity index (χ2v) is 6.34. The maximum atomic E-state index is 12.3. The molecule has 0 saturated carbocycles. The van der Waals surface area contributed by atoms with E-state index in [0.717, 1.165) is 0 Å². The maximum Gasteiger partial charge on any atom is 0.349 e. The highest BCUT2D eigenvalue weighted by Gasteiger charge is 2.20. The van der Waals surface area contributed by atoms with Gasteiger partial charge in [0.25, 0.3) is 5.91 Å². The summed E-state index contributed by atoms with van der Waals surface area (Å²) in [5.74, 6) is -0.867. The molecule has 7 heteroatoms. The van der Waals surface area contributed by atoms with E-state index in [9.17, 15) is 19.6 Å². The van der Waals surface area contributed by atoms with E-state index in [1.807, 2.05) is 6.92 Å². The number of ether oxygens (including phenoxy) is 2. The Labute approximate surface area is 174 Å². The van der Waals surface area contributed by atoms with Gasteiger partial charge < -0.3 is 14.8 Å². The Morgan fingerprint density at radius 3 is 2.27 bits per heavy atom. The number of benzene rings is 2. The molecule has 2 aromatic carbocycles. The van der Waals surface area contributed by atoms with Gasteiger partial charge in [-0.1, -0.05) is 12.1 Å². The quantitative estimate of drug-likeness (QED) is 0.310. The van der Waals surface area contributed by atoms with Gasteiger partial charge in [0, 0.05) is 11.3 Å². The molecule has 1 atom stereocenters. The number of amides is 1. The molecule has 1 N–H and O–H groups in total. The second-order valence-electron chi connectivity index (χ2n) is 6.34. The minimum atomic E-state index is -1.12. The zero-order chi connectivity index (χ0) is 22.1. The number of Topliss-reactive ketones (excluding diaryl/α,β-unsaturated/α-hetero) is 1. The van der Waals surface area contributed by atoms with Crippen molar-refractivity contribution in [3.8, 4) is 11.8 Å². The van der Waals surface area contributed by atoms with Crippen LogP contribution in [0.3, 0.4) is 0 Å². The number of nitriles is 1. The smallest absolute Gasteiger partial charge is 0.349 e. The second kappa shape index (κ2) is 10.6. The summed E-state index contributed by atoms with van der Waals surface area (Å²) in [5.41, 5.74) is 1.36. The Bertz CT molecular complexity index is 986. The minimum absolute atomic E-state index is 0.0847. The highest BCUT2D eigenvalue weighted by molar-refractivity contribution is 6.01. The van der Waals surface area contributed by atoms with E-state index >= 15 is 0 Å². The van der Waals surface area contributed by atoms with Gasteiger partial charge in [-0.15, -0.1) is 0 Å². The van der Waals surface area contributed by atoms with Crippen LogP contribution in [0.4, 0.5) is 5.69 Å². The molecule has 2 aromatic rings. The standard InChI is InChI=1S/C23H22N2O5/c1-4-29-21-11-5-17(6-12-21)13-19(14-24)23(28)30-16(3)22(27)25-20-9-7-18(8-10-20)15(2)26/h5-13,16H,4H2,1-3H3,(H,25,27)/b19-13+/t16-/m0/s1. The maximum absolute atomic E-state index is 12.3. The molecule has 1 amide bonds. The third-order valence-electron chi connectivity index (χ3n) is 4.05. The SMILES string of the molecule is CCOc1ccc(/C=C(\C#N)C(=O)O[C@@H](C)C(=O)Nc2ccc(C(C)=O)cc2)cc1. The van der Waals surface area contributed by atoms with E-state index in [-0.39, 0.29) is 11.4 Å². The van der Waals surface area contributed by atoms with Crippen molar-refractivity contribution in [2.24, 2.45) is 0 Å². The molecule has 2 rings (SSSR count). The molecule has 0 aromatic heterocycles. The van der Waals surface area contributed by atoms with Crippen LogP contribution in [0.25, 0.3) is 6.08 Å². The van der Waals surface area contributed by atoms with Crippen LogP contribution in [0.2, 0.25) is 0 Å². The number of rotatable bonds is 8. The summed E-state index contributed by atoms with van der Waals surface area (Å²) in [5, 5.41) is 11.9. The van der Waals surface area contributed by atoms with Crippen LogP contribution in [0.5, 0.6) is 5.75 Å². The highest BCUT2D eigenvalue weighted by atomic mass is 16.5. The molecular weight excluding hydrogens is 384 g/mol. The van der Waals surface area contributed by atoms with Gasteiger partial charge in [-0.25, -0.2) is 4.79 Å². The van der Waals surface area contributed by atoms with Crippen molar-refractivity contribution in [2.75, 3.05) is 11.9 Å². The number of carbonyl (C=O) groups is 3. The average molecular weight is 406 g/mol. The van der Waals surface area contributed by atoms with Gasteiger partial charge in [-0.05, 0) is 68.8 Å². The minimum Gasteiger partial charge on any atom is -0.494 e. The van der Waals surface area contributed by atoms with Gasteiger partial charge >= 0.3 is 5.97 Å². The van der Waals surface area contributed by atoms with E-state index in [4.69, 9.17) is 9.47 Å². The van der Waals surface area contributed by atoms with Crippen molar-refractivity contribution in [3.63, 3.8) is 0 Å². The number of carbonyl (C=O) groups excluding carboxylic acids is 3. The number of hydrogen-bond donors (Lipinski definition) is 1. The first kappa shape index (κ1) is 22.4. The summed E-state index contributed by atoms with van der Waals surface area (Å²) in [6.07, 6.45) is 0.255. The molecular formula is C23H22N2O5. The molecule has 7 nitrogen and oxygen atoms in total. The summed E-state index contributed by atoms with van der Waals surface area (Å²) < 4.78 is 10.5. The topological polar surface area (TPSA) is 105 Å². The Morgan fingerprint density at radius 1 is 1.10 bits per heavy atom. The predicted molar refractivity (Wildman–Crippen MR) is 112 cm³/mol. The number of nitrogens with one attached hydrogen (secondary N) is 1. The van der Waals surface area contributed by atoms with Crippen molar-refractivity contribution in [1.29, 1.82) is 5.26 Å². The fourth-order valence-corrected chi connectivity index (χ4v) is 2.44. The van der Waals surface area contributed by atoms with Crippen LogP contribution in [0.15, 0.2) is 54.1 Å². The van der Waals surface area contributed by atoms with Crippen LogP contribution >= 0.6 is 0 Å². The fourth-order valence-electron chi connectivity index (χ4n) is 2.44. The molecule has 0 heterocycles. The third kappa shape index (κ3) is 6.31. The number of hydrogen-bond acceptors (Lipinski definition) is 6.